The molecule has 0 fully saturated rings. The Labute approximate surface area is 105 Å². The Kier molecular flexibility index (Phi) is 3.33. The van der Waals surface area contributed by atoms with Gasteiger partial charge in [-0.2, -0.15) is 0 Å². The van der Waals surface area contributed by atoms with E-state index >= 15 is 0 Å². The van der Waals surface area contributed by atoms with Crippen LogP contribution < -0.4 is 5.73 Å². The summed E-state index contributed by atoms with van der Waals surface area (Å²) in [5.74, 6) is 0. The maximum atomic E-state index is 5.93. The predicted octanol–water partition coefficient (Wildman–Crippen LogP) is 3.14. The van der Waals surface area contributed by atoms with Crippen LogP contribution in [-0.2, 0) is 0 Å². The maximum Gasteiger partial charge on any atom is 0.125 e. The van der Waals surface area contributed by atoms with Gasteiger partial charge in [-0.3, -0.25) is 0 Å². The molecule has 0 aliphatic heterocycles. The average Bonchev–Trinajstić information content (AvgIpc) is 2.21. The van der Waals surface area contributed by atoms with Crippen molar-refractivity contribution in [3.63, 3.8) is 0 Å². The fourth-order valence-electron chi connectivity index (χ4n) is 1.62. The predicted molar refractivity (Wildman–Crippen MR) is 71.2 cm³/mol. The van der Waals surface area contributed by atoms with Crippen LogP contribution in [0, 0.1) is 20.8 Å². The SMILES string of the molecule is Cc1cc(C)nc(Sc2ncc(C)cc2N)c1. The molecule has 2 rings (SSSR count). The molecule has 0 spiro atoms. The van der Waals surface area contributed by atoms with Crippen LogP contribution in [-0.4, -0.2) is 9.97 Å². The number of hydrogen-bond donors (Lipinski definition) is 1. The van der Waals surface area contributed by atoms with Crippen molar-refractivity contribution in [3.05, 3.63) is 41.2 Å². The van der Waals surface area contributed by atoms with Crippen LogP contribution in [0.5, 0.6) is 0 Å². The Hall–Kier alpha value is -1.55. The molecule has 4 heteroatoms. The van der Waals surface area contributed by atoms with E-state index in [9.17, 15) is 0 Å². The van der Waals surface area contributed by atoms with Gasteiger partial charge in [0.2, 0.25) is 0 Å². The van der Waals surface area contributed by atoms with Gasteiger partial charge in [-0.25, -0.2) is 9.97 Å². The molecule has 2 heterocycles. The van der Waals surface area contributed by atoms with Crippen molar-refractivity contribution in [1.82, 2.24) is 9.97 Å². The fourth-order valence-corrected chi connectivity index (χ4v) is 2.53. The largest absolute Gasteiger partial charge is 0.397 e. The van der Waals surface area contributed by atoms with Gasteiger partial charge in [0.1, 0.15) is 10.1 Å². The lowest BCUT2D eigenvalue weighted by atomic mass is 10.3. The van der Waals surface area contributed by atoms with Crippen LogP contribution in [0.25, 0.3) is 0 Å². The highest BCUT2D eigenvalue weighted by atomic mass is 32.2. The minimum atomic E-state index is 0.705. The van der Waals surface area contributed by atoms with E-state index in [1.54, 1.807) is 0 Å². The summed E-state index contributed by atoms with van der Waals surface area (Å²) in [6.07, 6.45) is 1.82. The Morgan fingerprint density at radius 1 is 1.06 bits per heavy atom. The first-order valence-electron chi connectivity index (χ1n) is 5.40. The van der Waals surface area contributed by atoms with Gasteiger partial charge in [-0.15, -0.1) is 0 Å². The number of anilines is 1. The molecule has 0 saturated heterocycles. The van der Waals surface area contributed by atoms with Crippen molar-refractivity contribution in [3.8, 4) is 0 Å². The lowest BCUT2D eigenvalue weighted by Crippen LogP contribution is -1.94. The number of nitrogen functional groups attached to an aromatic ring is 1. The summed E-state index contributed by atoms with van der Waals surface area (Å²) in [7, 11) is 0. The highest BCUT2D eigenvalue weighted by Crippen LogP contribution is 2.29. The van der Waals surface area contributed by atoms with Crippen molar-refractivity contribution in [1.29, 1.82) is 0 Å². The third-order valence-electron chi connectivity index (χ3n) is 2.29. The van der Waals surface area contributed by atoms with Gasteiger partial charge >= 0.3 is 0 Å². The second kappa shape index (κ2) is 4.75. The Morgan fingerprint density at radius 2 is 1.82 bits per heavy atom. The molecule has 0 bridgehead atoms. The van der Waals surface area contributed by atoms with E-state index in [1.807, 2.05) is 32.2 Å². The van der Waals surface area contributed by atoms with Gasteiger partial charge in [0.25, 0.3) is 0 Å². The molecule has 0 aromatic carbocycles. The topological polar surface area (TPSA) is 51.8 Å². The van der Waals surface area contributed by atoms with Gasteiger partial charge < -0.3 is 5.73 Å². The zero-order chi connectivity index (χ0) is 12.4. The van der Waals surface area contributed by atoms with E-state index in [2.05, 4.69) is 23.0 Å². The third kappa shape index (κ3) is 2.97. The Balaban J connectivity index is 2.31. The number of hydrogen-bond acceptors (Lipinski definition) is 4. The molecule has 0 aliphatic rings. The molecule has 2 N–H and O–H groups in total. The van der Waals surface area contributed by atoms with E-state index in [1.165, 1.54) is 17.3 Å². The summed E-state index contributed by atoms with van der Waals surface area (Å²) in [6, 6.07) is 6.02. The molecule has 0 saturated carbocycles. The molecule has 3 nitrogen and oxygen atoms in total. The number of nitrogens with zero attached hydrogens (tertiary/aromatic N) is 2. The van der Waals surface area contributed by atoms with Crippen molar-refractivity contribution in [2.75, 3.05) is 5.73 Å². The second-order valence-corrected chi connectivity index (χ2v) is 5.14. The van der Waals surface area contributed by atoms with Crippen LogP contribution in [0.15, 0.2) is 34.4 Å². The number of aromatic nitrogens is 2. The van der Waals surface area contributed by atoms with Crippen molar-refractivity contribution in [2.24, 2.45) is 0 Å². The first-order chi connectivity index (χ1) is 8.04. The minimum absolute atomic E-state index is 0.705. The molecule has 17 heavy (non-hydrogen) atoms. The van der Waals surface area contributed by atoms with Crippen LogP contribution >= 0.6 is 11.8 Å². The summed E-state index contributed by atoms with van der Waals surface area (Å²) in [4.78, 5) is 8.79. The summed E-state index contributed by atoms with van der Waals surface area (Å²) in [6.45, 7) is 6.03. The molecule has 0 amide bonds. The monoisotopic (exact) mass is 245 g/mol. The number of rotatable bonds is 2. The second-order valence-electron chi connectivity index (χ2n) is 4.13. The van der Waals surface area contributed by atoms with Crippen LogP contribution in [0.3, 0.4) is 0 Å². The normalized spacial score (nSPS) is 10.5. The number of aryl methyl sites for hydroxylation is 3. The van der Waals surface area contributed by atoms with Crippen molar-refractivity contribution in [2.45, 2.75) is 30.8 Å². The molecule has 2 aromatic heterocycles. The zero-order valence-electron chi connectivity index (χ0n) is 10.2. The van der Waals surface area contributed by atoms with E-state index in [0.717, 1.165) is 21.3 Å². The van der Waals surface area contributed by atoms with Crippen LogP contribution in [0.2, 0.25) is 0 Å². The van der Waals surface area contributed by atoms with Gasteiger partial charge in [0.15, 0.2) is 0 Å². The molecule has 0 atom stereocenters. The lowest BCUT2D eigenvalue weighted by Gasteiger charge is -2.06. The van der Waals surface area contributed by atoms with E-state index in [0.29, 0.717) is 5.69 Å². The molecule has 0 radical (unpaired) electrons. The molecular weight excluding hydrogens is 230 g/mol. The molecule has 88 valence electrons. The standard InChI is InChI=1S/C13H15N3S/c1-8-4-10(3)16-12(6-8)17-13-11(14)5-9(2)7-15-13/h4-7H,14H2,1-3H3. The number of pyridine rings is 2. The fraction of sp³-hybridized carbons (Fsp3) is 0.231. The summed E-state index contributed by atoms with van der Waals surface area (Å²) in [5.41, 5.74) is 9.92. The van der Waals surface area contributed by atoms with Crippen LogP contribution in [0.4, 0.5) is 5.69 Å². The van der Waals surface area contributed by atoms with E-state index in [-0.39, 0.29) is 0 Å². The van der Waals surface area contributed by atoms with Gasteiger partial charge in [-0.05, 0) is 61.9 Å². The number of nitrogens with two attached hydrogens (primary N) is 1. The summed E-state index contributed by atoms with van der Waals surface area (Å²) in [5, 5.41) is 1.75. The average molecular weight is 245 g/mol. The Bertz CT molecular complexity index is 532. The first kappa shape index (κ1) is 11.9. The first-order valence-corrected chi connectivity index (χ1v) is 6.21. The van der Waals surface area contributed by atoms with Crippen LogP contribution in [0.1, 0.15) is 16.8 Å². The van der Waals surface area contributed by atoms with Crippen molar-refractivity contribution < 1.29 is 0 Å². The lowest BCUT2D eigenvalue weighted by molar-refractivity contribution is 1.03. The van der Waals surface area contributed by atoms with Gasteiger partial charge in [0, 0.05) is 11.9 Å². The maximum absolute atomic E-state index is 5.93. The third-order valence-corrected chi connectivity index (χ3v) is 3.24. The highest BCUT2D eigenvalue weighted by molar-refractivity contribution is 7.99. The van der Waals surface area contributed by atoms with E-state index in [4.69, 9.17) is 5.73 Å². The minimum Gasteiger partial charge on any atom is -0.397 e. The zero-order valence-corrected chi connectivity index (χ0v) is 11.0. The van der Waals surface area contributed by atoms with Gasteiger partial charge in [0.05, 0.1) is 5.69 Å². The molecule has 2 aromatic rings. The molecule has 0 aliphatic carbocycles. The quantitative estimate of drug-likeness (QED) is 0.883. The molecule has 0 unspecified atom stereocenters. The summed E-state index contributed by atoms with van der Waals surface area (Å²) < 4.78 is 0. The highest BCUT2D eigenvalue weighted by Gasteiger charge is 2.06. The Morgan fingerprint density at radius 3 is 2.47 bits per heavy atom. The van der Waals surface area contributed by atoms with E-state index < -0.39 is 0 Å². The summed E-state index contributed by atoms with van der Waals surface area (Å²) >= 11 is 1.50. The smallest absolute Gasteiger partial charge is 0.125 e. The van der Waals surface area contributed by atoms with Gasteiger partial charge in [-0.1, -0.05) is 0 Å². The molecular formula is C13H15N3S. The van der Waals surface area contributed by atoms with Crippen molar-refractivity contribution >= 4 is 17.4 Å².